The quantitative estimate of drug-likeness (QED) is 0.474. The van der Waals surface area contributed by atoms with E-state index >= 15 is 0 Å². The lowest BCUT2D eigenvalue weighted by molar-refractivity contribution is -0.137. The van der Waals surface area contributed by atoms with Gasteiger partial charge in [0, 0.05) is 25.9 Å². The summed E-state index contributed by atoms with van der Waals surface area (Å²) in [4.78, 5) is 11.4. The Kier molecular flexibility index (Phi) is 7.62. The summed E-state index contributed by atoms with van der Waals surface area (Å²) in [6.07, 6.45) is 12.7. The largest absolute Gasteiger partial charge is 0.493 e. The Morgan fingerprint density at radius 3 is 2.78 bits per heavy atom. The molecule has 1 aromatic rings. The molecule has 0 aromatic heterocycles. The van der Waals surface area contributed by atoms with E-state index in [4.69, 9.17) is 14.6 Å². The highest BCUT2D eigenvalue weighted by molar-refractivity contribution is 5.67. The van der Waals surface area contributed by atoms with Gasteiger partial charge in [0.1, 0.15) is 11.9 Å². The maximum Gasteiger partial charge on any atom is 0.307 e. The summed E-state index contributed by atoms with van der Waals surface area (Å²) in [6.45, 7) is 5.42. The van der Waals surface area contributed by atoms with Crippen molar-refractivity contribution in [1.29, 1.82) is 0 Å². The molecule has 0 fully saturated rings. The molecule has 27 heavy (non-hydrogen) atoms. The van der Waals surface area contributed by atoms with Crippen molar-refractivity contribution in [3.8, 4) is 0 Å². The van der Waals surface area contributed by atoms with Crippen LogP contribution in [0.4, 0.5) is 0 Å². The first kappa shape index (κ1) is 20.7. The van der Waals surface area contributed by atoms with E-state index in [1.807, 2.05) is 31.4 Å². The normalized spacial score (nSPS) is 21.8. The van der Waals surface area contributed by atoms with Crippen molar-refractivity contribution in [3.05, 3.63) is 77.3 Å². The number of esters is 1. The predicted molar refractivity (Wildman–Crippen MR) is 108 cm³/mol. The van der Waals surface area contributed by atoms with Gasteiger partial charge in [0.05, 0.1) is 6.26 Å². The monoisotopic (exact) mass is 368 g/mol. The van der Waals surface area contributed by atoms with E-state index in [0.29, 0.717) is 11.7 Å². The SMILES string of the molecule is C/C=C\C=C(\OC(C)=O)C(C)C1=COC2C=Cc3ccccc3C2C1.CO. The van der Waals surface area contributed by atoms with Gasteiger partial charge >= 0.3 is 5.97 Å². The first-order valence-electron chi connectivity index (χ1n) is 9.17. The molecule has 3 unspecified atom stereocenters. The van der Waals surface area contributed by atoms with Crippen LogP contribution in [0, 0.1) is 5.92 Å². The summed E-state index contributed by atoms with van der Waals surface area (Å²) in [5.41, 5.74) is 3.72. The number of carbonyl (C=O) groups is 1. The van der Waals surface area contributed by atoms with Crippen LogP contribution in [-0.2, 0) is 14.3 Å². The summed E-state index contributed by atoms with van der Waals surface area (Å²) in [5.74, 6) is 0.630. The molecule has 0 amide bonds. The van der Waals surface area contributed by atoms with Crippen LogP contribution in [-0.4, -0.2) is 24.3 Å². The van der Waals surface area contributed by atoms with Crippen molar-refractivity contribution in [2.24, 2.45) is 5.92 Å². The molecule has 2 aliphatic rings. The second kappa shape index (κ2) is 9.93. The average molecular weight is 368 g/mol. The predicted octanol–water partition coefficient (Wildman–Crippen LogP) is 4.74. The van der Waals surface area contributed by atoms with E-state index in [0.717, 1.165) is 19.1 Å². The first-order chi connectivity index (χ1) is 13.1. The summed E-state index contributed by atoms with van der Waals surface area (Å²) in [5, 5.41) is 7.00. The van der Waals surface area contributed by atoms with Crippen LogP contribution in [0.25, 0.3) is 6.08 Å². The zero-order valence-corrected chi connectivity index (χ0v) is 16.4. The minimum atomic E-state index is -0.302. The van der Waals surface area contributed by atoms with Crippen LogP contribution in [0.5, 0.6) is 0 Å². The molecule has 1 N–H and O–H groups in total. The van der Waals surface area contributed by atoms with Crippen LogP contribution in [0.3, 0.4) is 0 Å². The summed E-state index contributed by atoms with van der Waals surface area (Å²) in [7, 11) is 1.00. The molecule has 0 saturated heterocycles. The number of allylic oxidation sites excluding steroid dienone is 4. The minimum Gasteiger partial charge on any atom is -0.493 e. The van der Waals surface area contributed by atoms with Crippen LogP contribution in [0.1, 0.15) is 44.2 Å². The number of aliphatic hydroxyl groups excluding tert-OH is 1. The molecule has 1 aromatic carbocycles. The third-order valence-corrected chi connectivity index (χ3v) is 4.79. The van der Waals surface area contributed by atoms with E-state index in [2.05, 4.69) is 43.3 Å². The van der Waals surface area contributed by atoms with Gasteiger partial charge in [-0.25, -0.2) is 0 Å². The Bertz CT molecular complexity index is 770. The number of carbonyl (C=O) groups excluding carboxylic acids is 1. The fourth-order valence-electron chi connectivity index (χ4n) is 3.43. The molecule has 144 valence electrons. The van der Waals surface area contributed by atoms with Gasteiger partial charge in [0.25, 0.3) is 0 Å². The maximum absolute atomic E-state index is 11.4. The van der Waals surface area contributed by atoms with E-state index in [-0.39, 0.29) is 18.0 Å². The number of benzene rings is 1. The van der Waals surface area contributed by atoms with E-state index in [9.17, 15) is 4.79 Å². The molecule has 1 aliphatic heterocycles. The summed E-state index contributed by atoms with van der Waals surface area (Å²) in [6, 6.07) is 8.45. The Balaban J connectivity index is 0.00000126. The van der Waals surface area contributed by atoms with Crippen molar-refractivity contribution in [1.82, 2.24) is 0 Å². The van der Waals surface area contributed by atoms with Crippen molar-refractivity contribution < 1.29 is 19.4 Å². The molecule has 1 aliphatic carbocycles. The molecule has 4 heteroatoms. The lowest BCUT2D eigenvalue weighted by Crippen LogP contribution is -2.27. The van der Waals surface area contributed by atoms with Gasteiger partial charge in [0.15, 0.2) is 0 Å². The fourth-order valence-corrected chi connectivity index (χ4v) is 3.43. The van der Waals surface area contributed by atoms with Crippen molar-refractivity contribution in [2.45, 2.75) is 39.2 Å². The molecular formula is C23H28O4. The smallest absolute Gasteiger partial charge is 0.307 e. The van der Waals surface area contributed by atoms with Crippen LogP contribution < -0.4 is 0 Å². The maximum atomic E-state index is 11.4. The average Bonchev–Trinajstić information content (AvgIpc) is 2.71. The van der Waals surface area contributed by atoms with Gasteiger partial charge in [-0.05, 0) is 42.2 Å². The van der Waals surface area contributed by atoms with Crippen molar-refractivity contribution >= 4 is 12.0 Å². The number of rotatable bonds is 4. The Morgan fingerprint density at radius 1 is 1.33 bits per heavy atom. The number of ether oxygens (including phenoxy) is 2. The highest BCUT2D eigenvalue weighted by Gasteiger charge is 2.33. The Morgan fingerprint density at radius 2 is 2.07 bits per heavy atom. The lowest BCUT2D eigenvalue weighted by atomic mass is 9.78. The third kappa shape index (κ3) is 4.98. The Hall–Kier alpha value is -2.59. The van der Waals surface area contributed by atoms with Gasteiger partial charge < -0.3 is 14.6 Å². The fraction of sp³-hybridized carbons (Fsp3) is 0.348. The molecular weight excluding hydrogens is 340 g/mol. The minimum absolute atomic E-state index is 0.0147. The molecule has 1 heterocycles. The van der Waals surface area contributed by atoms with E-state index in [1.165, 1.54) is 18.1 Å². The molecule has 0 bridgehead atoms. The standard InChI is InChI=1S/C22H24O3.CH4O/c1-4-5-10-21(25-16(3)23)15(2)18-13-20-19-9-7-6-8-17(19)11-12-22(20)24-14-18;1-2/h4-12,14-15,20,22H,13H2,1-3H3;2H,1H3/b5-4-,21-10+;. The van der Waals surface area contributed by atoms with E-state index < -0.39 is 0 Å². The molecule has 0 radical (unpaired) electrons. The molecule has 3 atom stereocenters. The van der Waals surface area contributed by atoms with Crippen LogP contribution >= 0.6 is 0 Å². The number of hydrogen-bond donors (Lipinski definition) is 1. The molecule has 0 saturated carbocycles. The van der Waals surface area contributed by atoms with Gasteiger partial charge in [-0.1, -0.05) is 49.4 Å². The van der Waals surface area contributed by atoms with Gasteiger partial charge in [-0.15, -0.1) is 0 Å². The van der Waals surface area contributed by atoms with E-state index in [1.54, 1.807) is 0 Å². The van der Waals surface area contributed by atoms with Crippen LogP contribution in [0.2, 0.25) is 0 Å². The third-order valence-electron chi connectivity index (χ3n) is 4.79. The highest BCUT2D eigenvalue weighted by atomic mass is 16.5. The first-order valence-corrected chi connectivity index (χ1v) is 9.17. The number of fused-ring (bicyclic) bond motifs is 3. The topological polar surface area (TPSA) is 55.8 Å². The van der Waals surface area contributed by atoms with Gasteiger partial charge in [-0.2, -0.15) is 0 Å². The Labute approximate surface area is 161 Å². The molecule has 4 nitrogen and oxygen atoms in total. The summed E-state index contributed by atoms with van der Waals surface area (Å²) >= 11 is 0. The molecule has 3 rings (SSSR count). The highest BCUT2D eigenvalue weighted by Crippen LogP contribution is 2.42. The summed E-state index contributed by atoms with van der Waals surface area (Å²) < 4.78 is 11.4. The number of aliphatic hydroxyl groups is 1. The zero-order chi connectivity index (χ0) is 19.8. The van der Waals surface area contributed by atoms with Crippen molar-refractivity contribution in [2.75, 3.05) is 7.11 Å². The van der Waals surface area contributed by atoms with Crippen LogP contribution in [0.15, 0.2) is 66.2 Å². The van der Waals surface area contributed by atoms with Gasteiger partial charge in [-0.3, -0.25) is 4.79 Å². The second-order valence-corrected chi connectivity index (χ2v) is 6.50. The lowest BCUT2D eigenvalue weighted by Gasteiger charge is -2.35. The molecule has 0 spiro atoms. The second-order valence-electron chi connectivity index (χ2n) is 6.50. The zero-order valence-electron chi connectivity index (χ0n) is 16.4. The van der Waals surface area contributed by atoms with Crippen molar-refractivity contribution in [3.63, 3.8) is 0 Å². The van der Waals surface area contributed by atoms with Gasteiger partial charge in [0.2, 0.25) is 0 Å². The number of hydrogen-bond acceptors (Lipinski definition) is 4.